The van der Waals surface area contributed by atoms with Crippen molar-refractivity contribution in [1.82, 2.24) is 10.1 Å². The maximum absolute atomic E-state index is 12.3. The lowest BCUT2D eigenvalue weighted by Crippen LogP contribution is -2.37. The maximum atomic E-state index is 12.3. The predicted octanol–water partition coefficient (Wildman–Crippen LogP) is 3.55. The Labute approximate surface area is 148 Å². The number of aromatic nitrogens is 1. The summed E-state index contributed by atoms with van der Waals surface area (Å²) < 4.78 is 11.0. The van der Waals surface area contributed by atoms with E-state index in [4.69, 9.17) is 9.26 Å². The zero-order chi connectivity index (χ0) is 17.6. The van der Waals surface area contributed by atoms with Gasteiger partial charge in [-0.05, 0) is 32.1 Å². The first kappa shape index (κ1) is 17.7. The Hall–Kier alpha value is -2.14. The molecule has 1 fully saturated rings. The summed E-state index contributed by atoms with van der Waals surface area (Å²) in [6.45, 7) is 3.22. The Morgan fingerprint density at radius 3 is 2.84 bits per heavy atom. The van der Waals surface area contributed by atoms with E-state index in [-0.39, 0.29) is 12.0 Å². The molecule has 1 amide bonds. The summed E-state index contributed by atoms with van der Waals surface area (Å²) in [7, 11) is 1.83. The summed E-state index contributed by atoms with van der Waals surface area (Å²) >= 11 is 0. The summed E-state index contributed by atoms with van der Waals surface area (Å²) in [6, 6.07) is 11.9. The monoisotopic (exact) mass is 342 g/mol. The smallest absolute Gasteiger partial charge is 0.251 e. The third kappa shape index (κ3) is 5.16. The number of hydrogen-bond donors (Lipinski definition) is 0. The Morgan fingerprint density at radius 1 is 1.36 bits per heavy atom. The second-order valence-electron chi connectivity index (χ2n) is 6.83. The first-order valence-electron chi connectivity index (χ1n) is 9.01. The molecule has 1 aliphatic carbocycles. The van der Waals surface area contributed by atoms with Gasteiger partial charge in [-0.25, -0.2) is 0 Å². The van der Waals surface area contributed by atoms with Gasteiger partial charge in [-0.15, -0.1) is 0 Å². The molecule has 1 atom stereocenters. The summed E-state index contributed by atoms with van der Waals surface area (Å²) in [6.07, 6.45) is 3.70. The molecule has 1 aromatic heterocycles. The molecule has 0 radical (unpaired) electrons. The van der Waals surface area contributed by atoms with Gasteiger partial charge >= 0.3 is 0 Å². The van der Waals surface area contributed by atoms with Crippen LogP contribution in [-0.2, 0) is 16.0 Å². The number of rotatable bonds is 9. The summed E-state index contributed by atoms with van der Waals surface area (Å²) in [5, 5.41) is 4.12. The fourth-order valence-electron chi connectivity index (χ4n) is 2.72. The van der Waals surface area contributed by atoms with Gasteiger partial charge in [0.15, 0.2) is 0 Å². The van der Waals surface area contributed by atoms with E-state index < -0.39 is 0 Å². The largest absolute Gasteiger partial charge is 0.368 e. The van der Waals surface area contributed by atoms with Gasteiger partial charge in [0, 0.05) is 31.6 Å². The molecule has 25 heavy (non-hydrogen) atoms. The lowest BCUT2D eigenvalue weighted by atomic mass is 10.1. The number of likely N-dealkylation sites (N-methyl/N-ethyl adjacent to an activating group) is 1. The summed E-state index contributed by atoms with van der Waals surface area (Å²) in [5.41, 5.74) is 1.90. The van der Waals surface area contributed by atoms with E-state index in [1.54, 1.807) is 4.90 Å². The van der Waals surface area contributed by atoms with Gasteiger partial charge in [-0.3, -0.25) is 4.79 Å². The Morgan fingerprint density at radius 2 is 2.12 bits per heavy atom. The Balaban J connectivity index is 1.41. The normalized spacial score (nSPS) is 15.1. The molecule has 1 aliphatic rings. The highest BCUT2D eigenvalue weighted by Crippen LogP contribution is 2.29. The molecule has 1 aromatic carbocycles. The summed E-state index contributed by atoms with van der Waals surface area (Å²) in [5.74, 6) is 1.56. The molecule has 0 spiro atoms. The van der Waals surface area contributed by atoms with Crippen molar-refractivity contribution in [3.63, 3.8) is 0 Å². The number of amides is 1. The lowest BCUT2D eigenvalue weighted by Gasteiger charge is -2.21. The number of hydrogen-bond acceptors (Lipinski definition) is 4. The number of benzene rings is 1. The molecule has 0 bridgehead atoms. The number of nitrogens with zero attached hydrogens (tertiary/aromatic N) is 2. The highest BCUT2D eigenvalue weighted by atomic mass is 16.5. The molecule has 1 saturated carbocycles. The van der Waals surface area contributed by atoms with E-state index in [1.807, 2.05) is 50.4 Å². The standard InChI is InChI=1S/C20H26N2O3/c1-15(24-14-16-10-11-16)20(23)22(2)12-6-9-18-13-19(21-25-18)17-7-4-3-5-8-17/h3-5,7-8,13,15-16H,6,9-12,14H2,1-2H3/t15-/m0/s1. The van der Waals surface area contributed by atoms with Crippen LogP contribution in [0.1, 0.15) is 31.9 Å². The molecule has 0 aliphatic heterocycles. The predicted molar refractivity (Wildman–Crippen MR) is 96.0 cm³/mol. The number of carbonyl (C=O) groups is 1. The SMILES string of the molecule is C[C@H](OCC1CC1)C(=O)N(C)CCCc1cc(-c2ccccc2)no1. The first-order chi connectivity index (χ1) is 12.1. The van der Waals surface area contributed by atoms with Crippen molar-refractivity contribution in [3.8, 4) is 11.3 Å². The molecule has 2 aromatic rings. The second-order valence-corrected chi connectivity index (χ2v) is 6.83. The average molecular weight is 342 g/mol. The fourth-order valence-corrected chi connectivity index (χ4v) is 2.72. The van der Waals surface area contributed by atoms with E-state index >= 15 is 0 Å². The van der Waals surface area contributed by atoms with Crippen molar-refractivity contribution in [1.29, 1.82) is 0 Å². The van der Waals surface area contributed by atoms with Gasteiger partial charge in [-0.1, -0.05) is 35.5 Å². The van der Waals surface area contributed by atoms with Crippen LogP contribution in [-0.4, -0.2) is 42.3 Å². The van der Waals surface area contributed by atoms with E-state index in [9.17, 15) is 4.79 Å². The first-order valence-corrected chi connectivity index (χ1v) is 9.01. The van der Waals surface area contributed by atoms with Crippen LogP contribution >= 0.6 is 0 Å². The molecule has 1 heterocycles. The van der Waals surface area contributed by atoms with Gasteiger partial charge in [-0.2, -0.15) is 0 Å². The third-order valence-corrected chi connectivity index (χ3v) is 4.55. The minimum absolute atomic E-state index is 0.0446. The topological polar surface area (TPSA) is 55.6 Å². The minimum Gasteiger partial charge on any atom is -0.368 e. The van der Waals surface area contributed by atoms with E-state index in [2.05, 4.69) is 5.16 Å². The number of aryl methyl sites for hydroxylation is 1. The van der Waals surface area contributed by atoms with E-state index in [1.165, 1.54) is 12.8 Å². The minimum atomic E-state index is -0.361. The van der Waals surface area contributed by atoms with E-state index in [0.717, 1.165) is 29.9 Å². The molecule has 5 nitrogen and oxygen atoms in total. The summed E-state index contributed by atoms with van der Waals surface area (Å²) in [4.78, 5) is 14.0. The number of carbonyl (C=O) groups excluding carboxylic acids is 1. The van der Waals surface area contributed by atoms with Crippen LogP contribution in [0.15, 0.2) is 40.9 Å². The van der Waals surface area contributed by atoms with Crippen molar-refractivity contribution < 1.29 is 14.1 Å². The van der Waals surface area contributed by atoms with Crippen LogP contribution in [0.5, 0.6) is 0 Å². The van der Waals surface area contributed by atoms with Crippen LogP contribution in [0.4, 0.5) is 0 Å². The van der Waals surface area contributed by atoms with Crippen molar-refractivity contribution in [2.24, 2.45) is 5.92 Å². The lowest BCUT2D eigenvalue weighted by molar-refractivity contribution is -0.141. The van der Waals surface area contributed by atoms with Crippen molar-refractivity contribution in [2.75, 3.05) is 20.2 Å². The van der Waals surface area contributed by atoms with Crippen LogP contribution in [0, 0.1) is 5.92 Å². The molecular weight excluding hydrogens is 316 g/mol. The maximum Gasteiger partial charge on any atom is 0.251 e. The second kappa shape index (κ2) is 8.30. The average Bonchev–Trinajstić information content (AvgIpc) is 3.36. The van der Waals surface area contributed by atoms with Gasteiger partial charge in [0.25, 0.3) is 5.91 Å². The molecule has 0 unspecified atom stereocenters. The van der Waals surface area contributed by atoms with Crippen LogP contribution in [0.25, 0.3) is 11.3 Å². The fraction of sp³-hybridized carbons (Fsp3) is 0.500. The van der Waals surface area contributed by atoms with Crippen molar-refractivity contribution >= 4 is 5.91 Å². The van der Waals surface area contributed by atoms with Crippen LogP contribution < -0.4 is 0 Å². The van der Waals surface area contributed by atoms with Crippen molar-refractivity contribution in [2.45, 2.75) is 38.7 Å². The van der Waals surface area contributed by atoms with Gasteiger partial charge in [0.1, 0.15) is 17.6 Å². The highest BCUT2D eigenvalue weighted by Gasteiger charge is 2.25. The Bertz CT molecular complexity index is 679. The molecular formula is C20H26N2O3. The zero-order valence-electron chi connectivity index (χ0n) is 15.0. The molecule has 134 valence electrons. The molecule has 0 saturated heterocycles. The highest BCUT2D eigenvalue weighted by molar-refractivity contribution is 5.80. The van der Waals surface area contributed by atoms with Gasteiger partial charge in [0.05, 0.1) is 6.61 Å². The van der Waals surface area contributed by atoms with E-state index in [0.29, 0.717) is 19.1 Å². The van der Waals surface area contributed by atoms with Crippen LogP contribution in [0.2, 0.25) is 0 Å². The van der Waals surface area contributed by atoms with Gasteiger partial charge < -0.3 is 14.2 Å². The van der Waals surface area contributed by atoms with Gasteiger partial charge in [0.2, 0.25) is 0 Å². The Kier molecular flexibility index (Phi) is 5.87. The third-order valence-electron chi connectivity index (χ3n) is 4.55. The zero-order valence-corrected chi connectivity index (χ0v) is 15.0. The molecule has 5 heteroatoms. The van der Waals surface area contributed by atoms with Crippen LogP contribution in [0.3, 0.4) is 0 Å². The quantitative estimate of drug-likeness (QED) is 0.699. The number of ether oxygens (including phenoxy) is 1. The molecule has 0 N–H and O–H groups in total. The molecule has 3 rings (SSSR count). The van der Waals surface area contributed by atoms with Crippen molar-refractivity contribution in [3.05, 3.63) is 42.2 Å².